The molecule has 0 bridgehead atoms. The van der Waals surface area contributed by atoms with E-state index in [1.54, 1.807) is 19.3 Å². The summed E-state index contributed by atoms with van der Waals surface area (Å²) < 4.78 is 5.30. The Morgan fingerprint density at radius 1 is 1.39 bits per heavy atom. The first-order chi connectivity index (χ1) is 14.8. The summed E-state index contributed by atoms with van der Waals surface area (Å²) in [6, 6.07) is 4.86. The molecule has 1 fully saturated rings. The number of aliphatic hydroxyl groups is 1. The predicted octanol–water partition coefficient (Wildman–Crippen LogP) is 3.30. The standard InChI is InChI=1S/C24H32N4O3/c1-6-12-24(30,13-7-2)17(4)26-22(29)21-9-8-14-28(21)23-25-16(3)19-15-18(31-5)10-11-20(19)27-23/h6-7,10-11,15,17,21,30H,1-2,8-9,12-14H2,3-5H3,(H,26,29)/t17-,21-/m1/s1. The van der Waals surface area contributed by atoms with Gasteiger partial charge in [0.1, 0.15) is 11.8 Å². The lowest BCUT2D eigenvalue weighted by Crippen LogP contribution is -2.55. The number of carbonyl (C=O) groups excluding carboxylic acids is 1. The van der Waals surface area contributed by atoms with E-state index in [0.29, 0.717) is 31.8 Å². The highest BCUT2D eigenvalue weighted by Crippen LogP contribution is 2.28. The van der Waals surface area contributed by atoms with Gasteiger partial charge in [0, 0.05) is 11.9 Å². The van der Waals surface area contributed by atoms with Crippen LogP contribution in [0.1, 0.15) is 38.3 Å². The van der Waals surface area contributed by atoms with Crippen LogP contribution in [-0.2, 0) is 4.79 Å². The Balaban J connectivity index is 1.82. The van der Waals surface area contributed by atoms with Crippen molar-refractivity contribution in [3.05, 3.63) is 49.2 Å². The number of hydrogen-bond donors (Lipinski definition) is 2. The maximum atomic E-state index is 13.1. The number of aryl methyl sites for hydroxylation is 1. The van der Waals surface area contributed by atoms with Crippen LogP contribution in [0.25, 0.3) is 10.9 Å². The average molecular weight is 425 g/mol. The second-order valence-corrected chi connectivity index (χ2v) is 8.16. The highest BCUT2D eigenvalue weighted by Gasteiger charge is 2.37. The van der Waals surface area contributed by atoms with Crippen molar-refractivity contribution >= 4 is 22.8 Å². The first-order valence-electron chi connectivity index (χ1n) is 10.7. The molecule has 0 saturated carbocycles. The number of nitrogens with zero attached hydrogens (tertiary/aromatic N) is 3. The lowest BCUT2D eigenvalue weighted by Gasteiger charge is -2.34. The Labute approximate surface area is 183 Å². The van der Waals surface area contributed by atoms with E-state index in [9.17, 15) is 9.90 Å². The van der Waals surface area contributed by atoms with Crippen LogP contribution in [0.15, 0.2) is 43.5 Å². The topological polar surface area (TPSA) is 87.6 Å². The molecule has 0 unspecified atom stereocenters. The Bertz CT molecular complexity index is 965. The maximum Gasteiger partial charge on any atom is 0.243 e. The molecule has 7 nitrogen and oxygen atoms in total. The summed E-state index contributed by atoms with van der Waals surface area (Å²) in [5.74, 6) is 1.17. The Morgan fingerprint density at radius 3 is 2.74 bits per heavy atom. The molecule has 31 heavy (non-hydrogen) atoms. The third kappa shape index (κ3) is 4.71. The number of anilines is 1. The van der Waals surface area contributed by atoms with Crippen molar-refractivity contribution in [3.8, 4) is 5.75 Å². The zero-order chi connectivity index (χ0) is 22.6. The number of rotatable bonds is 9. The van der Waals surface area contributed by atoms with Gasteiger partial charge in [-0.1, -0.05) is 12.2 Å². The smallest absolute Gasteiger partial charge is 0.243 e. The molecule has 1 saturated heterocycles. The number of hydrogen-bond acceptors (Lipinski definition) is 6. The van der Waals surface area contributed by atoms with Crippen LogP contribution in [0.2, 0.25) is 0 Å². The van der Waals surface area contributed by atoms with Gasteiger partial charge in [-0.3, -0.25) is 4.79 Å². The summed E-state index contributed by atoms with van der Waals surface area (Å²) in [5.41, 5.74) is 0.538. The van der Waals surface area contributed by atoms with Crippen molar-refractivity contribution in [2.45, 2.75) is 57.2 Å². The lowest BCUT2D eigenvalue weighted by molar-refractivity contribution is -0.125. The molecule has 1 aromatic heterocycles. The Morgan fingerprint density at radius 2 is 2.10 bits per heavy atom. The van der Waals surface area contributed by atoms with Gasteiger partial charge in [0.2, 0.25) is 11.9 Å². The average Bonchev–Trinajstić information content (AvgIpc) is 3.24. The van der Waals surface area contributed by atoms with Gasteiger partial charge in [-0.25, -0.2) is 9.97 Å². The van der Waals surface area contributed by atoms with Crippen molar-refractivity contribution in [2.24, 2.45) is 0 Å². The van der Waals surface area contributed by atoms with Crippen molar-refractivity contribution in [1.29, 1.82) is 0 Å². The SMILES string of the molecule is C=CCC(O)(CC=C)[C@@H](C)NC(=O)[C@H]1CCCN1c1nc(C)c2cc(OC)ccc2n1. The van der Waals surface area contributed by atoms with Crippen molar-refractivity contribution in [2.75, 3.05) is 18.6 Å². The van der Waals surface area contributed by atoms with E-state index in [-0.39, 0.29) is 11.9 Å². The van der Waals surface area contributed by atoms with Gasteiger partial charge < -0.3 is 20.1 Å². The molecule has 2 heterocycles. The zero-order valence-corrected chi connectivity index (χ0v) is 18.6. The molecule has 1 aromatic carbocycles. The van der Waals surface area contributed by atoms with Crippen molar-refractivity contribution < 1.29 is 14.6 Å². The number of amides is 1. The van der Waals surface area contributed by atoms with E-state index < -0.39 is 11.6 Å². The van der Waals surface area contributed by atoms with Gasteiger partial charge in [0.25, 0.3) is 0 Å². The number of methoxy groups -OCH3 is 1. The van der Waals surface area contributed by atoms with Crippen LogP contribution < -0.4 is 15.0 Å². The predicted molar refractivity (Wildman–Crippen MR) is 123 cm³/mol. The molecule has 2 aromatic rings. The van der Waals surface area contributed by atoms with Crippen LogP contribution in [0, 0.1) is 6.92 Å². The van der Waals surface area contributed by atoms with E-state index >= 15 is 0 Å². The van der Waals surface area contributed by atoms with Crippen molar-refractivity contribution in [3.63, 3.8) is 0 Å². The minimum Gasteiger partial charge on any atom is -0.497 e. The maximum absolute atomic E-state index is 13.1. The minimum absolute atomic E-state index is 0.132. The van der Waals surface area contributed by atoms with Crippen LogP contribution in [0.5, 0.6) is 5.75 Å². The summed E-state index contributed by atoms with van der Waals surface area (Å²) in [5, 5.41) is 14.9. The molecule has 3 rings (SSSR count). The van der Waals surface area contributed by atoms with Crippen LogP contribution in [-0.4, -0.2) is 52.3 Å². The largest absolute Gasteiger partial charge is 0.497 e. The molecule has 0 radical (unpaired) electrons. The van der Waals surface area contributed by atoms with Crippen LogP contribution >= 0.6 is 0 Å². The number of fused-ring (bicyclic) bond motifs is 1. The summed E-state index contributed by atoms with van der Waals surface area (Å²) >= 11 is 0. The fourth-order valence-corrected chi connectivity index (χ4v) is 4.16. The third-order valence-corrected chi connectivity index (χ3v) is 6.05. The molecule has 2 atom stereocenters. The summed E-state index contributed by atoms with van der Waals surface area (Å²) in [6.45, 7) is 11.9. The summed E-state index contributed by atoms with van der Waals surface area (Å²) in [7, 11) is 1.63. The molecule has 7 heteroatoms. The van der Waals surface area contributed by atoms with Gasteiger partial charge in [-0.2, -0.15) is 0 Å². The number of benzene rings is 1. The Kier molecular flexibility index (Phi) is 6.95. The number of carbonyl (C=O) groups is 1. The van der Waals surface area contributed by atoms with E-state index in [0.717, 1.165) is 28.8 Å². The summed E-state index contributed by atoms with van der Waals surface area (Å²) in [4.78, 5) is 24.5. The van der Waals surface area contributed by atoms with E-state index in [1.165, 1.54) is 0 Å². The molecular weight excluding hydrogens is 392 g/mol. The van der Waals surface area contributed by atoms with Crippen LogP contribution in [0.4, 0.5) is 5.95 Å². The van der Waals surface area contributed by atoms with Gasteiger partial charge >= 0.3 is 0 Å². The van der Waals surface area contributed by atoms with E-state index in [4.69, 9.17) is 9.72 Å². The quantitative estimate of drug-likeness (QED) is 0.601. The van der Waals surface area contributed by atoms with Gasteiger partial charge in [0.05, 0.1) is 30.0 Å². The normalized spacial score (nSPS) is 17.4. The molecule has 1 aliphatic rings. The first-order valence-corrected chi connectivity index (χ1v) is 10.7. The lowest BCUT2D eigenvalue weighted by atomic mass is 9.88. The first kappa shape index (κ1) is 22.7. The minimum atomic E-state index is -1.11. The monoisotopic (exact) mass is 424 g/mol. The highest BCUT2D eigenvalue weighted by atomic mass is 16.5. The van der Waals surface area contributed by atoms with Crippen LogP contribution in [0.3, 0.4) is 0 Å². The fraction of sp³-hybridized carbons (Fsp3) is 0.458. The van der Waals surface area contributed by atoms with Gasteiger partial charge in [-0.05, 0) is 57.7 Å². The second kappa shape index (κ2) is 9.47. The summed E-state index contributed by atoms with van der Waals surface area (Å²) in [6.07, 6.45) is 5.64. The molecule has 166 valence electrons. The van der Waals surface area contributed by atoms with Gasteiger partial charge in [-0.15, -0.1) is 13.2 Å². The number of ether oxygens (including phenoxy) is 1. The molecular formula is C24H32N4O3. The number of aromatic nitrogens is 2. The molecule has 0 aliphatic carbocycles. The molecule has 0 spiro atoms. The van der Waals surface area contributed by atoms with E-state index in [2.05, 4.69) is 23.5 Å². The van der Waals surface area contributed by atoms with E-state index in [1.807, 2.05) is 36.9 Å². The van der Waals surface area contributed by atoms with Crippen molar-refractivity contribution in [1.82, 2.24) is 15.3 Å². The molecule has 1 aliphatic heterocycles. The second-order valence-electron chi connectivity index (χ2n) is 8.16. The fourth-order valence-electron chi connectivity index (χ4n) is 4.16. The highest BCUT2D eigenvalue weighted by molar-refractivity contribution is 5.87. The number of nitrogens with one attached hydrogen (secondary N) is 1. The molecule has 1 amide bonds. The Hall–Kier alpha value is -2.93. The van der Waals surface area contributed by atoms with Gasteiger partial charge in [0.15, 0.2) is 0 Å². The zero-order valence-electron chi connectivity index (χ0n) is 18.6. The molecule has 2 N–H and O–H groups in total. The third-order valence-electron chi connectivity index (χ3n) is 6.05.